The molecule has 0 saturated carbocycles. The molecule has 0 radical (unpaired) electrons. The molecule has 2 heterocycles. The molecule has 1 fully saturated rings. The van der Waals surface area contributed by atoms with Gasteiger partial charge >= 0.3 is 0 Å². The molecule has 2 unspecified atom stereocenters. The van der Waals surface area contributed by atoms with Crippen molar-refractivity contribution in [3.63, 3.8) is 0 Å². The zero-order valence-electron chi connectivity index (χ0n) is 23.0. The van der Waals surface area contributed by atoms with Crippen molar-refractivity contribution in [1.82, 2.24) is 9.72 Å². The Morgan fingerprint density at radius 1 is 0.821 bits per heavy atom. The number of ketones is 1. The molecule has 1 aliphatic rings. The van der Waals surface area contributed by atoms with Crippen LogP contribution >= 0.6 is 11.8 Å². The van der Waals surface area contributed by atoms with Crippen LogP contribution in [0.2, 0.25) is 18.1 Å². The number of Topliss-reactive ketones (excluding diaryl/α,β-unsaturated/α-hetero) is 1. The number of hydrogen-bond acceptors (Lipinski definition) is 5. The van der Waals surface area contributed by atoms with E-state index in [1.165, 1.54) is 6.26 Å². The van der Waals surface area contributed by atoms with Crippen LogP contribution in [0.5, 0.6) is 0 Å². The molecule has 3 aromatic carbocycles. The van der Waals surface area contributed by atoms with Crippen molar-refractivity contribution in [2.75, 3.05) is 0 Å². The maximum Gasteiger partial charge on any atom is 0.229 e. The number of benzene rings is 3. The molecular formula is C32H34N2O3SSi. The number of β-lactam (4-membered cyclic amide) rings is 1. The lowest BCUT2D eigenvalue weighted by molar-refractivity contribution is -0.140. The van der Waals surface area contributed by atoms with Crippen LogP contribution in [0.25, 0.3) is 0 Å². The predicted molar refractivity (Wildman–Crippen MR) is 159 cm³/mol. The molecule has 200 valence electrons. The van der Waals surface area contributed by atoms with E-state index in [0.29, 0.717) is 0 Å². The molecule has 1 aliphatic heterocycles. The first-order valence-corrected chi connectivity index (χ1v) is 17.0. The molecule has 1 amide bonds. The van der Waals surface area contributed by atoms with Gasteiger partial charge in [0.1, 0.15) is 17.9 Å². The Balaban J connectivity index is 1.73. The molecule has 5 rings (SSSR count). The lowest BCUT2D eigenvalue weighted by Crippen LogP contribution is -2.73. The highest BCUT2D eigenvalue weighted by Gasteiger charge is 2.62. The molecular weight excluding hydrogens is 521 g/mol. The summed E-state index contributed by atoms with van der Waals surface area (Å²) in [5.74, 6) is -1.25. The molecule has 39 heavy (non-hydrogen) atoms. The summed E-state index contributed by atoms with van der Waals surface area (Å²) in [6.45, 7) is 11.0. The number of nitrogens with zero attached hydrogens (tertiary/aromatic N) is 2. The van der Waals surface area contributed by atoms with Crippen molar-refractivity contribution in [2.24, 2.45) is 5.92 Å². The highest BCUT2D eigenvalue weighted by molar-refractivity contribution is 8.01. The van der Waals surface area contributed by atoms with Crippen molar-refractivity contribution in [2.45, 2.75) is 49.0 Å². The molecule has 2 atom stereocenters. The number of carbonyl (C=O) groups is 2. The van der Waals surface area contributed by atoms with Crippen LogP contribution in [-0.4, -0.2) is 35.0 Å². The van der Waals surface area contributed by atoms with E-state index in [0.717, 1.165) is 16.7 Å². The van der Waals surface area contributed by atoms with Crippen LogP contribution in [0.15, 0.2) is 108 Å². The minimum atomic E-state index is -2.36. The summed E-state index contributed by atoms with van der Waals surface area (Å²) in [6.07, 6.45) is 1.38. The minimum absolute atomic E-state index is 0.0989. The first kappa shape index (κ1) is 27.2. The Kier molecular flexibility index (Phi) is 7.16. The van der Waals surface area contributed by atoms with Crippen LogP contribution in [0.3, 0.4) is 0 Å². The zero-order valence-corrected chi connectivity index (χ0v) is 24.8. The third-order valence-corrected chi connectivity index (χ3v) is 15.6. The van der Waals surface area contributed by atoms with E-state index >= 15 is 0 Å². The van der Waals surface area contributed by atoms with Crippen molar-refractivity contribution in [1.29, 1.82) is 0 Å². The molecule has 1 aromatic heterocycles. The number of amides is 1. The lowest BCUT2D eigenvalue weighted by Gasteiger charge is -2.59. The summed E-state index contributed by atoms with van der Waals surface area (Å²) in [6, 6.07) is 32.7. The summed E-state index contributed by atoms with van der Waals surface area (Å²) < 4.78 is 6.38. The van der Waals surface area contributed by atoms with E-state index in [1.54, 1.807) is 17.8 Å². The second-order valence-electron chi connectivity index (χ2n) is 11.5. The van der Waals surface area contributed by atoms with Gasteiger partial charge in [0.05, 0.1) is 10.1 Å². The van der Waals surface area contributed by atoms with E-state index in [9.17, 15) is 9.59 Å². The second kappa shape index (κ2) is 10.3. The van der Waals surface area contributed by atoms with Crippen LogP contribution in [-0.2, 0) is 9.54 Å². The van der Waals surface area contributed by atoms with Crippen molar-refractivity contribution < 1.29 is 14.1 Å². The Bertz CT molecular complexity index is 1340. The minimum Gasteiger partial charge on any atom is -0.364 e. The van der Waals surface area contributed by atoms with Gasteiger partial charge in [-0.3, -0.25) is 9.59 Å². The van der Waals surface area contributed by atoms with Crippen molar-refractivity contribution in [3.8, 4) is 0 Å². The first-order chi connectivity index (χ1) is 18.6. The number of rotatable bonds is 8. The lowest BCUT2D eigenvalue weighted by atomic mass is 9.84. The fraction of sp³-hybridized carbons (Fsp3) is 0.281. The van der Waals surface area contributed by atoms with Crippen LogP contribution < -0.4 is 0 Å². The van der Waals surface area contributed by atoms with E-state index in [-0.39, 0.29) is 27.8 Å². The van der Waals surface area contributed by atoms with Gasteiger partial charge in [-0.2, -0.15) is 0 Å². The van der Waals surface area contributed by atoms with Gasteiger partial charge in [-0.05, 0) is 21.7 Å². The summed E-state index contributed by atoms with van der Waals surface area (Å²) in [4.78, 5) is 27.7. The Morgan fingerprint density at radius 2 is 1.28 bits per heavy atom. The largest absolute Gasteiger partial charge is 0.364 e. The Hall–Kier alpha value is -3.42. The molecule has 0 bridgehead atoms. The molecule has 0 N–H and O–H groups in total. The summed E-state index contributed by atoms with van der Waals surface area (Å²) >= 11 is 1.69. The SMILES string of the molecule is CC(C)(C)[Si](C)(C)N1C(=O)C(C(=O)c2ccon2)C1SC(c1ccccc1)(c1ccccc1)c1ccccc1. The molecule has 5 nitrogen and oxygen atoms in total. The second-order valence-corrected chi connectivity index (χ2v) is 18.0. The average Bonchev–Trinajstić information content (AvgIpc) is 3.47. The van der Waals surface area contributed by atoms with E-state index < -0.39 is 18.9 Å². The quantitative estimate of drug-likeness (QED) is 0.0748. The standard InChI is InChI=1S/C32H34N2O3SSi/c1-31(2,3)39(4,5)34-29(36)27(28(35)26-21-22-37-33-26)30(34)38-32(23-15-9-6-10-16-23,24-17-11-7-12-18-24)25-19-13-8-14-20-25/h6-22,27,30H,1-5H3. The van der Waals surface area contributed by atoms with Crippen LogP contribution in [0.1, 0.15) is 48.0 Å². The van der Waals surface area contributed by atoms with Crippen LogP contribution in [0, 0.1) is 5.92 Å². The Labute approximate surface area is 235 Å². The highest BCUT2D eigenvalue weighted by Crippen LogP contribution is 2.57. The van der Waals surface area contributed by atoms with Gasteiger partial charge in [0, 0.05) is 6.07 Å². The van der Waals surface area contributed by atoms with Crippen molar-refractivity contribution >= 4 is 31.7 Å². The number of hydrogen-bond donors (Lipinski definition) is 0. The van der Waals surface area contributed by atoms with Crippen molar-refractivity contribution in [3.05, 3.63) is 126 Å². The average molecular weight is 555 g/mol. The van der Waals surface area contributed by atoms with E-state index in [1.807, 2.05) is 54.6 Å². The third-order valence-electron chi connectivity index (χ3n) is 8.29. The summed E-state index contributed by atoms with van der Waals surface area (Å²) in [5, 5.41) is 3.42. The smallest absolute Gasteiger partial charge is 0.229 e. The van der Waals surface area contributed by atoms with Gasteiger partial charge in [-0.1, -0.05) is 130 Å². The number of thioether (sulfide) groups is 1. The van der Waals surface area contributed by atoms with Gasteiger partial charge in [0.2, 0.25) is 5.91 Å². The molecule has 0 aliphatic carbocycles. The fourth-order valence-electron chi connectivity index (χ4n) is 5.18. The van der Waals surface area contributed by atoms with Gasteiger partial charge in [0.15, 0.2) is 14.0 Å². The molecule has 0 spiro atoms. The molecule has 1 saturated heterocycles. The number of carbonyl (C=O) groups excluding carboxylic acids is 2. The number of aromatic nitrogens is 1. The first-order valence-electron chi connectivity index (χ1n) is 13.2. The van der Waals surface area contributed by atoms with Gasteiger partial charge in [-0.15, -0.1) is 11.8 Å². The maximum atomic E-state index is 14.0. The summed E-state index contributed by atoms with van der Waals surface area (Å²) in [5.41, 5.74) is 3.47. The van der Waals surface area contributed by atoms with Gasteiger partial charge in [0.25, 0.3) is 0 Å². The highest BCUT2D eigenvalue weighted by atomic mass is 32.2. The predicted octanol–water partition coefficient (Wildman–Crippen LogP) is 7.37. The topological polar surface area (TPSA) is 63.4 Å². The van der Waals surface area contributed by atoms with Gasteiger partial charge in [-0.25, -0.2) is 0 Å². The molecule has 7 heteroatoms. The van der Waals surface area contributed by atoms with E-state index in [4.69, 9.17) is 4.52 Å². The van der Waals surface area contributed by atoms with E-state index in [2.05, 4.69) is 80.0 Å². The maximum absolute atomic E-state index is 14.0. The van der Waals surface area contributed by atoms with Crippen LogP contribution in [0.4, 0.5) is 0 Å². The van der Waals surface area contributed by atoms with Gasteiger partial charge < -0.3 is 9.09 Å². The monoisotopic (exact) mass is 554 g/mol. The normalized spacial score (nSPS) is 18.1. The zero-order chi connectivity index (χ0) is 27.8. The molecule has 4 aromatic rings. The third kappa shape index (κ3) is 4.57. The summed E-state index contributed by atoms with van der Waals surface area (Å²) in [7, 11) is -2.36. The fourth-order valence-corrected chi connectivity index (χ4v) is 10.1. The Morgan fingerprint density at radius 3 is 1.67 bits per heavy atom.